The largest absolute Gasteiger partial charge is 0.486 e. The van der Waals surface area contributed by atoms with Gasteiger partial charge >= 0.3 is 0 Å². The molecule has 5 heteroatoms. The molecule has 297 valence electrons. The Labute approximate surface area is 364 Å². The van der Waals surface area contributed by atoms with Gasteiger partial charge in [0.05, 0.1) is 5.58 Å². The third kappa shape index (κ3) is 10.1. The van der Waals surface area contributed by atoms with Crippen molar-refractivity contribution in [2.24, 2.45) is 28.1 Å². The second-order valence-electron chi connectivity index (χ2n) is 18.5. The molecule has 4 aromatic heterocycles. The van der Waals surface area contributed by atoms with E-state index >= 15 is 0 Å². The number of nitrogens with zero attached hydrogens (tertiary/aromatic N) is 3. The molecule has 2 aliphatic rings. The van der Waals surface area contributed by atoms with Crippen molar-refractivity contribution in [3.05, 3.63) is 114 Å². The Morgan fingerprint density at radius 3 is 2.21 bits per heavy atom. The van der Waals surface area contributed by atoms with Crippen molar-refractivity contribution in [3.8, 4) is 22.5 Å². The van der Waals surface area contributed by atoms with Gasteiger partial charge in [0.1, 0.15) is 0 Å². The van der Waals surface area contributed by atoms with Gasteiger partial charge in [-0.3, -0.25) is 0 Å². The maximum absolute atomic E-state index is 9.68. The van der Waals surface area contributed by atoms with E-state index < -0.39 is 26.4 Å². The van der Waals surface area contributed by atoms with Gasteiger partial charge in [0, 0.05) is 57.3 Å². The van der Waals surface area contributed by atoms with Crippen molar-refractivity contribution in [3.63, 3.8) is 0 Å². The molecule has 2 saturated carbocycles. The molecule has 6 aromatic rings. The summed E-state index contributed by atoms with van der Waals surface area (Å²) < 4.78 is 82.7. The van der Waals surface area contributed by atoms with Crippen LogP contribution in [0.25, 0.3) is 44.6 Å². The Morgan fingerprint density at radius 1 is 0.786 bits per heavy atom. The minimum Gasteiger partial charge on any atom is -0.486 e. The first-order valence-electron chi connectivity index (χ1n) is 24.8. The summed E-state index contributed by atoms with van der Waals surface area (Å²) in [7, 11) is 0. The van der Waals surface area contributed by atoms with Crippen molar-refractivity contribution in [2.75, 3.05) is 0 Å². The van der Waals surface area contributed by atoms with E-state index in [-0.39, 0.29) is 36.9 Å². The van der Waals surface area contributed by atoms with E-state index in [9.17, 15) is 1.37 Å². The third-order valence-electron chi connectivity index (χ3n) is 11.6. The van der Waals surface area contributed by atoms with Crippen LogP contribution in [-0.4, -0.2) is 15.0 Å². The van der Waals surface area contributed by atoms with Crippen LogP contribution >= 0.6 is 0 Å². The fourth-order valence-corrected chi connectivity index (χ4v) is 9.19. The summed E-state index contributed by atoms with van der Waals surface area (Å²) >= 11 is 0. The maximum Gasteiger partial charge on any atom is 0.216 e. The van der Waals surface area contributed by atoms with Crippen LogP contribution in [0, 0.1) is 60.8 Å². The van der Waals surface area contributed by atoms with E-state index in [0.29, 0.717) is 50.1 Å². The third-order valence-corrected chi connectivity index (χ3v) is 11.6. The summed E-state index contributed by atoms with van der Waals surface area (Å²) in [4.78, 5) is 13.1. The van der Waals surface area contributed by atoms with E-state index in [4.69, 9.17) is 21.7 Å². The monoisotopic (exact) mass is 935 g/mol. The molecule has 2 fully saturated rings. The zero-order valence-corrected chi connectivity index (χ0v) is 36.0. The average Bonchev–Trinajstić information content (AvgIpc) is 3.60. The summed E-state index contributed by atoms with van der Waals surface area (Å²) in [5.74, 6) is 0.907. The van der Waals surface area contributed by atoms with Gasteiger partial charge in [0.25, 0.3) is 0 Å². The first-order chi connectivity index (χ1) is 30.1. The molecule has 4 heterocycles. The van der Waals surface area contributed by atoms with Gasteiger partial charge < -0.3 is 14.4 Å². The molecular formula is C51H61IrN3O-2. The standard InChI is InChI=1S/C38H49N2O.C13H12N.Ir/c1-25-11-12-31-30-9-8-10-32(34(30)41-35(31)40-25)33-21-27(16-20-39-33)26-13-17-38(18-14-26)19-15-28(22-36(2,3)4)29(24-38)23-37(5,6)7;1-10-3-6-12(7-4-10)13-8-5-11(2)9-14-13;/h8-9,11-12,16,20-21,26,28-29H,13-15,17-19,22-24H2,1-7H3;3-6,8-9H,1-2H3;/q2*-1;/i1D3,26D;1D3,2D3;. The van der Waals surface area contributed by atoms with Gasteiger partial charge in [-0.25, -0.2) is 4.98 Å². The van der Waals surface area contributed by atoms with Crippen LogP contribution in [0.3, 0.4) is 0 Å². The normalized spacial score (nSPS) is 26.0. The fourth-order valence-electron chi connectivity index (χ4n) is 9.19. The molecule has 1 radical (unpaired) electrons. The number of hydrogen-bond acceptors (Lipinski definition) is 4. The number of fused-ring (bicyclic) bond motifs is 3. The summed E-state index contributed by atoms with van der Waals surface area (Å²) in [5.41, 5.74) is 5.91. The second kappa shape index (κ2) is 17.1. The Bertz CT molecular complexity index is 2540. The first-order valence-corrected chi connectivity index (χ1v) is 19.8. The van der Waals surface area contributed by atoms with E-state index in [0.717, 1.165) is 53.9 Å². The van der Waals surface area contributed by atoms with Crippen LogP contribution < -0.4 is 0 Å². The molecule has 2 atom stereocenters. The molecule has 8 rings (SSSR count). The van der Waals surface area contributed by atoms with E-state index in [2.05, 4.69) is 63.6 Å². The number of hydrogen-bond donors (Lipinski definition) is 0. The quantitative estimate of drug-likeness (QED) is 0.162. The van der Waals surface area contributed by atoms with Gasteiger partial charge in [-0.15, -0.1) is 53.6 Å². The Balaban J connectivity index is 0.000000288. The van der Waals surface area contributed by atoms with Crippen molar-refractivity contribution in [1.29, 1.82) is 0 Å². The predicted molar refractivity (Wildman–Crippen MR) is 229 cm³/mol. The minimum atomic E-state index is -2.31. The molecule has 0 amide bonds. The zero-order chi connectivity index (χ0) is 47.4. The molecular weight excluding hydrogens is 863 g/mol. The van der Waals surface area contributed by atoms with E-state index in [1.807, 2.05) is 30.5 Å². The SMILES string of the molecule is [2H]C([2H])([2H])c1c[c-]c(-c2ccc(C([2H])([2H])[2H])cn2)cc1.[2H]C([2H])([2H])c1ccc2c(n1)oc1c(-c3cc(C4([2H])CCC5(CCC(CC(C)(C)C)C(CC(C)(C)C)C5)CC4)ccn3)[c-]ccc12.[Ir]. The van der Waals surface area contributed by atoms with Crippen molar-refractivity contribution >= 4 is 22.1 Å². The fraction of sp³-hybridized carbons (Fsp3) is 0.471. The van der Waals surface area contributed by atoms with Gasteiger partial charge in [-0.1, -0.05) is 83.1 Å². The topological polar surface area (TPSA) is 51.8 Å². The molecule has 2 unspecified atom stereocenters. The molecule has 0 N–H and O–H groups in total. The van der Waals surface area contributed by atoms with Gasteiger partial charge in [0.15, 0.2) is 0 Å². The summed E-state index contributed by atoms with van der Waals surface area (Å²) in [6, 6.07) is 24.9. The predicted octanol–water partition coefficient (Wildman–Crippen LogP) is 14.2. The van der Waals surface area contributed by atoms with Gasteiger partial charge in [-0.05, 0) is 141 Å². The molecule has 4 nitrogen and oxygen atoms in total. The van der Waals surface area contributed by atoms with E-state index in [1.54, 1.807) is 24.3 Å². The molecule has 2 aliphatic carbocycles. The second-order valence-corrected chi connectivity index (χ2v) is 18.5. The number of benzene rings is 2. The van der Waals surface area contributed by atoms with Crippen LogP contribution in [0.15, 0.2) is 83.5 Å². The van der Waals surface area contributed by atoms with Crippen LogP contribution in [0.1, 0.15) is 141 Å². The molecule has 0 aliphatic heterocycles. The number of rotatable bonds is 5. The maximum atomic E-state index is 9.68. The summed E-state index contributed by atoms with van der Waals surface area (Å²) in [5, 5.41) is 1.61. The van der Waals surface area contributed by atoms with Crippen LogP contribution in [0.5, 0.6) is 0 Å². The zero-order valence-electron chi connectivity index (χ0n) is 43.6. The molecule has 0 bridgehead atoms. The first kappa shape index (κ1) is 30.4. The Hall–Kier alpha value is -3.66. The van der Waals surface area contributed by atoms with Crippen LogP contribution in [0.4, 0.5) is 0 Å². The van der Waals surface area contributed by atoms with Gasteiger partial charge in [-0.2, -0.15) is 0 Å². The Morgan fingerprint density at radius 2 is 1.54 bits per heavy atom. The molecule has 2 aromatic carbocycles. The number of pyridine rings is 3. The average molecular weight is 934 g/mol. The van der Waals surface area contributed by atoms with E-state index in [1.165, 1.54) is 56.5 Å². The van der Waals surface area contributed by atoms with Gasteiger partial charge in [0.2, 0.25) is 5.71 Å². The number of furan rings is 1. The number of aryl methyl sites for hydroxylation is 3. The molecule has 1 spiro atoms. The van der Waals surface area contributed by atoms with Crippen molar-refractivity contribution in [1.82, 2.24) is 15.0 Å². The summed E-state index contributed by atoms with van der Waals surface area (Å²) in [6.45, 7) is 7.72. The van der Waals surface area contributed by atoms with Crippen LogP contribution in [0.2, 0.25) is 0 Å². The van der Waals surface area contributed by atoms with Crippen molar-refractivity contribution in [2.45, 2.75) is 126 Å². The van der Waals surface area contributed by atoms with Crippen molar-refractivity contribution < 1.29 is 38.2 Å². The Kier molecular flexibility index (Phi) is 9.27. The number of aromatic nitrogens is 3. The summed E-state index contributed by atoms with van der Waals surface area (Å²) in [6.07, 6.45) is 13.6. The molecule has 0 saturated heterocycles. The molecule has 56 heavy (non-hydrogen) atoms. The minimum absolute atomic E-state index is 0. The smallest absolute Gasteiger partial charge is 0.216 e. The van der Waals surface area contributed by atoms with Crippen LogP contribution in [-0.2, 0) is 20.1 Å².